The number of aliphatic hydroxyl groups is 1. The predicted molar refractivity (Wildman–Crippen MR) is 72.3 cm³/mol. The van der Waals surface area contributed by atoms with Crippen molar-refractivity contribution in [3.63, 3.8) is 0 Å². The molecule has 0 aliphatic rings. The fourth-order valence-corrected chi connectivity index (χ4v) is 1.68. The maximum Gasteiger partial charge on any atom is 0.328 e. The number of nitrogens with zero attached hydrogens (tertiary/aromatic N) is 1. The van der Waals surface area contributed by atoms with E-state index in [4.69, 9.17) is 14.9 Å². The number of hydrogen-bond donors (Lipinski definition) is 2. The quantitative estimate of drug-likeness (QED) is 0.716. The molecule has 0 saturated carbocycles. The fourth-order valence-electron chi connectivity index (χ4n) is 1.68. The van der Waals surface area contributed by atoms with Crippen molar-refractivity contribution in [1.29, 1.82) is 0 Å². The van der Waals surface area contributed by atoms with Gasteiger partial charge in [0.1, 0.15) is 5.75 Å². The third-order valence-corrected chi connectivity index (χ3v) is 2.60. The molecule has 0 radical (unpaired) electrons. The van der Waals surface area contributed by atoms with Crippen LogP contribution in [0.15, 0.2) is 36.4 Å². The number of ether oxygens (including phenoxy) is 1. The third-order valence-electron chi connectivity index (χ3n) is 2.60. The first-order chi connectivity index (χ1) is 9.58. The number of rotatable bonds is 7. The Bertz CT molecular complexity index is 498. The van der Waals surface area contributed by atoms with Crippen LogP contribution in [0.1, 0.15) is 5.56 Å². The molecule has 1 aromatic rings. The lowest BCUT2D eigenvalue weighted by atomic mass is 10.2. The monoisotopic (exact) mass is 279 g/mol. The van der Waals surface area contributed by atoms with Crippen molar-refractivity contribution < 1.29 is 24.5 Å². The lowest BCUT2D eigenvalue weighted by molar-refractivity contribution is -0.132. The van der Waals surface area contributed by atoms with Gasteiger partial charge in [-0.25, -0.2) is 4.79 Å². The lowest BCUT2D eigenvalue weighted by Gasteiger charge is -2.21. The fraction of sp³-hybridized carbons (Fsp3) is 0.286. The second-order valence-corrected chi connectivity index (χ2v) is 3.97. The largest absolute Gasteiger partial charge is 0.496 e. The molecule has 0 aliphatic carbocycles. The summed E-state index contributed by atoms with van der Waals surface area (Å²) < 4.78 is 5.19. The molecule has 1 amide bonds. The Kier molecular flexibility index (Phi) is 6.25. The number of hydrogen-bond acceptors (Lipinski definition) is 4. The molecule has 0 saturated heterocycles. The Morgan fingerprint density at radius 3 is 2.60 bits per heavy atom. The van der Waals surface area contributed by atoms with Gasteiger partial charge < -0.3 is 19.8 Å². The number of aliphatic hydroxyl groups excluding tert-OH is 1. The maximum absolute atomic E-state index is 11.9. The average molecular weight is 279 g/mol. The van der Waals surface area contributed by atoms with Crippen molar-refractivity contribution >= 4 is 11.9 Å². The van der Waals surface area contributed by atoms with Gasteiger partial charge in [-0.3, -0.25) is 4.79 Å². The zero-order valence-corrected chi connectivity index (χ0v) is 11.2. The summed E-state index contributed by atoms with van der Waals surface area (Å²) in [5, 5.41) is 17.5. The highest BCUT2D eigenvalue weighted by Gasteiger charge is 2.13. The Morgan fingerprint density at radius 2 is 2.00 bits per heavy atom. The lowest BCUT2D eigenvalue weighted by Crippen LogP contribution is -2.32. The number of aliphatic carboxylic acids is 1. The van der Waals surface area contributed by atoms with Gasteiger partial charge in [-0.05, 0) is 6.07 Å². The van der Waals surface area contributed by atoms with Crippen LogP contribution < -0.4 is 4.74 Å². The van der Waals surface area contributed by atoms with E-state index >= 15 is 0 Å². The van der Waals surface area contributed by atoms with E-state index in [1.807, 2.05) is 12.1 Å². The molecular formula is C14H17NO5. The summed E-state index contributed by atoms with van der Waals surface area (Å²) in [6.45, 7) is 0.135. The van der Waals surface area contributed by atoms with Gasteiger partial charge in [-0.2, -0.15) is 0 Å². The molecule has 2 N–H and O–H groups in total. The zero-order valence-electron chi connectivity index (χ0n) is 11.2. The minimum Gasteiger partial charge on any atom is -0.496 e. The van der Waals surface area contributed by atoms with E-state index in [1.54, 1.807) is 12.1 Å². The molecule has 1 aromatic carbocycles. The topological polar surface area (TPSA) is 87.1 Å². The molecule has 0 aromatic heterocycles. The first-order valence-corrected chi connectivity index (χ1v) is 6.01. The summed E-state index contributed by atoms with van der Waals surface area (Å²) in [5.74, 6) is -1.04. The molecule has 0 atom stereocenters. The van der Waals surface area contributed by atoms with Crippen LogP contribution in [-0.2, 0) is 16.1 Å². The average Bonchev–Trinajstić information content (AvgIpc) is 2.44. The van der Waals surface area contributed by atoms with Gasteiger partial charge in [0.05, 0.1) is 13.7 Å². The second-order valence-electron chi connectivity index (χ2n) is 3.97. The van der Waals surface area contributed by atoms with Crippen LogP contribution in [0.2, 0.25) is 0 Å². The number of amides is 1. The number of para-hydroxylation sites is 1. The zero-order chi connectivity index (χ0) is 15.0. The summed E-state index contributed by atoms with van der Waals surface area (Å²) in [4.78, 5) is 23.6. The predicted octanol–water partition coefficient (Wildman–Crippen LogP) is 0.657. The van der Waals surface area contributed by atoms with Gasteiger partial charge in [-0.1, -0.05) is 18.2 Å². The van der Waals surface area contributed by atoms with Crippen LogP contribution in [0, 0.1) is 0 Å². The smallest absolute Gasteiger partial charge is 0.328 e. The van der Waals surface area contributed by atoms with E-state index in [2.05, 4.69) is 0 Å². The molecule has 1 rings (SSSR count). The van der Waals surface area contributed by atoms with Crippen molar-refractivity contribution in [2.75, 3.05) is 20.3 Å². The molecule has 0 unspecified atom stereocenters. The summed E-state index contributed by atoms with van der Waals surface area (Å²) in [5.41, 5.74) is 0.778. The van der Waals surface area contributed by atoms with Crippen LogP contribution in [0.25, 0.3) is 0 Å². The van der Waals surface area contributed by atoms with Gasteiger partial charge in [0.2, 0.25) is 5.91 Å². The van der Waals surface area contributed by atoms with Crippen LogP contribution in [0.3, 0.4) is 0 Å². The van der Waals surface area contributed by atoms with Crippen LogP contribution in [-0.4, -0.2) is 47.3 Å². The Morgan fingerprint density at radius 1 is 1.30 bits per heavy atom. The number of carboxylic acid groups (broad SMARTS) is 1. The Balaban J connectivity index is 2.86. The molecule has 0 fully saturated rings. The van der Waals surface area contributed by atoms with Gasteiger partial charge >= 0.3 is 5.97 Å². The van der Waals surface area contributed by atoms with Gasteiger partial charge in [0, 0.05) is 30.8 Å². The number of carbonyl (C=O) groups excluding carboxylic acids is 1. The molecular weight excluding hydrogens is 262 g/mol. The number of benzene rings is 1. The van der Waals surface area contributed by atoms with Crippen molar-refractivity contribution in [3.8, 4) is 5.75 Å². The highest BCUT2D eigenvalue weighted by molar-refractivity contribution is 5.93. The van der Waals surface area contributed by atoms with Gasteiger partial charge in [0.15, 0.2) is 0 Å². The number of carboxylic acids is 1. The number of carbonyl (C=O) groups is 2. The molecule has 6 heteroatoms. The summed E-state index contributed by atoms with van der Waals surface area (Å²) in [7, 11) is 1.53. The van der Waals surface area contributed by atoms with E-state index in [0.717, 1.165) is 17.7 Å². The molecule has 0 aliphatic heterocycles. The van der Waals surface area contributed by atoms with Crippen LogP contribution in [0.4, 0.5) is 0 Å². The highest BCUT2D eigenvalue weighted by atomic mass is 16.5. The normalized spacial score (nSPS) is 10.5. The van der Waals surface area contributed by atoms with Crippen molar-refractivity contribution in [3.05, 3.63) is 42.0 Å². The Hall–Kier alpha value is -2.34. The first kappa shape index (κ1) is 15.7. The van der Waals surface area contributed by atoms with E-state index < -0.39 is 11.9 Å². The molecule has 0 bridgehead atoms. The van der Waals surface area contributed by atoms with E-state index in [-0.39, 0.29) is 19.7 Å². The van der Waals surface area contributed by atoms with Crippen molar-refractivity contribution in [1.82, 2.24) is 4.90 Å². The standard InChI is InChI=1S/C14H17NO5/c1-20-12-5-3-2-4-11(12)10-15(8-9-16)13(17)6-7-14(18)19/h2-7,16H,8-10H2,1H3,(H,18,19)/b7-6+. The molecule has 0 spiro atoms. The maximum atomic E-state index is 11.9. The summed E-state index contributed by atoms with van der Waals surface area (Å²) in [6.07, 6.45) is 1.74. The van der Waals surface area contributed by atoms with E-state index in [1.165, 1.54) is 12.0 Å². The molecule has 20 heavy (non-hydrogen) atoms. The van der Waals surface area contributed by atoms with Crippen LogP contribution in [0.5, 0.6) is 5.75 Å². The first-order valence-electron chi connectivity index (χ1n) is 6.01. The summed E-state index contributed by atoms with van der Waals surface area (Å²) >= 11 is 0. The Labute approximate surface area is 116 Å². The molecule has 108 valence electrons. The molecule has 6 nitrogen and oxygen atoms in total. The van der Waals surface area contributed by atoms with Crippen molar-refractivity contribution in [2.45, 2.75) is 6.54 Å². The van der Waals surface area contributed by atoms with E-state index in [0.29, 0.717) is 5.75 Å². The minimum absolute atomic E-state index is 0.112. The summed E-state index contributed by atoms with van der Waals surface area (Å²) in [6, 6.07) is 7.19. The van der Waals surface area contributed by atoms with Crippen LogP contribution >= 0.6 is 0 Å². The van der Waals surface area contributed by atoms with Gasteiger partial charge in [-0.15, -0.1) is 0 Å². The van der Waals surface area contributed by atoms with E-state index in [9.17, 15) is 9.59 Å². The molecule has 0 heterocycles. The third kappa shape index (κ3) is 4.74. The highest BCUT2D eigenvalue weighted by Crippen LogP contribution is 2.19. The van der Waals surface area contributed by atoms with Gasteiger partial charge in [0.25, 0.3) is 0 Å². The van der Waals surface area contributed by atoms with Crippen molar-refractivity contribution in [2.24, 2.45) is 0 Å². The SMILES string of the molecule is COc1ccccc1CN(CCO)C(=O)/C=C/C(=O)O. The second kappa shape index (κ2) is 7.96. The number of methoxy groups -OCH3 is 1. The minimum atomic E-state index is -1.19.